The fourth-order valence-corrected chi connectivity index (χ4v) is 5.38. The standard InChI is InChI=1S/C24H28N6O2S/c1-4-29-23(33)16-6-5-15(11-18(16)27-24(29)32)13-28-9-10-30(21-12-20(21)28)19-8-7-17(22(31)25-3)26-14(19)2/h5-8,11,20-21H,4,9-10,12-13H2,1-3H3,(H,25,31)(H,27,32). The number of hydrogen-bond acceptors (Lipinski definition) is 6. The molecule has 1 saturated carbocycles. The summed E-state index contributed by atoms with van der Waals surface area (Å²) < 4.78 is 2.17. The van der Waals surface area contributed by atoms with Gasteiger partial charge < -0.3 is 15.2 Å². The Labute approximate surface area is 197 Å². The minimum Gasteiger partial charge on any atom is -0.364 e. The quantitative estimate of drug-likeness (QED) is 0.565. The van der Waals surface area contributed by atoms with Gasteiger partial charge >= 0.3 is 5.69 Å². The van der Waals surface area contributed by atoms with Gasteiger partial charge in [-0.2, -0.15) is 0 Å². The van der Waals surface area contributed by atoms with Gasteiger partial charge in [0.1, 0.15) is 10.3 Å². The Morgan fingerprint density at radius 1 is 1.24 bits per heavy atom. The third kappa shape index (κ3) is 3.85. The molecule has 0 radical (unpaired) electrons. The molecule has 2 fully saturated rings. The zero-order chi connectivity index (χ0) is 23.3. The number of carbonyl (C=O) groups is 1. The molecule has 2 atom stereocenters. The van der Waals surface area contributed by atoms with Crippen molar-refractivity contribution in [1.82, 2.24) is 24.8 Å². The number of aromatic amines is 1. The molecule has 8 nitrogen and oxygen atoms in total. The second-order valence-electron chi connectivity index (χ2n) is 8.77. The molecule has 3 aromatic rings. The van der Waals surface area contributed by atoms with Gasteiger partial charge in [-0.3, -0.25) is 14.3 Å². The normalized spacial score (nSPS) is 20.0. The van der Waals surface area contributed by atoms with Gasteiger partial charge in [0, 0.05) is 50.7 Å². The summed E-state index contributed by atoms with van der Waals surface area (Å²) in [5.41, 5.74) is 4.27. The van der Waals surface area contributed by atoms with Crippen LogP contribution in [0, 0.1) is 11.6 Å². The monoisotopic (exact) mass is 464 g/mol. The highest BCUT2D eigenvalue weighted by Crippen LogP contribution is 2.40. The van der Waals surface area contributed by atoms with E-state index in [0.29, 0.717) is 29.0 Å². The lowest BCUT2D eigenvalue weighted by Crippen LogP contribution is -2.46. The number of piperazine rings is 1. The van der Waals surface area contributed by atoms with Crippen molar-refractivity contribution in [1.29, 1.82) is 0 Å². The number of benzene rings is 1. The van der Waals surface area contributed by atoms with E-state index in [4.69, 9.17) is 12.2 Å². The molecule has 2 aromatic heterocycles. The number of carbonyl (C=O) groups excluding carboxylic acids is 1. The summed E-state index contributed by atoms with van der Waals surface area (Å²) in [6, 6.07) is 11.0. The molecule has 1 aromatic carbocycles. The summed E-state index contributed by atoms with van der Waals surface area (Å²) >= 11 is 5.51. The molecule has 9 heteroatoms. The van der Waals surface area contributed by atoms with Crippen LogP contribution < -0.4 is 15.9 Å². The van der Waals surface area contributed by atoms with Crippen molar-refractivity contribution in [3.63, 3.8) is 0 Å². The molecular formula is C24H28N6O2S. The number of fused-ring (bicyclic) bond motifs is 2. The summed E-state index contributed by atoms with van der Waals surface area (Å²) in [6.07, 6.45) is 1.12. The van der Waals surface area contributed by atoms with Crippen molar-refractivity contribution >= 4 is 34.7 Å². The van der Waals surface area contributed by atoms with Gasteiger partial charge in [-0.1, -0.05) is 18.3 Å². The molecule has 1 saturated heterocycles. The molecule has 2 aliphatic rings. The predicted octanol–water partition coefficient (Wildman–Crippen LogP) is 2.61. The zero-order valence-corrected chi connectivity index (χ0v) is 19.9. The molecule has 3 heterocycles. The second-order valence-corrected chi connectivity index (χ2v) is 9.16. The maximum absolute atomic E-state index is 12.3. The van der Waals surface area contributed by atoms with Crippen molar-refractivity contribution in [3.05, 3.63) is 62.4 Å². The number of aromatic nitrogens is 3. The summed E-state index contributed by atoms with van der Waals surface area (Å²) in [6.45, 7) is 7.16. The summed E-state index contributed by atoms with van der Waals surface area (Å²) in [5, 5.41) is 3.54. The highest BCUT2D eigenvalue weighted by atomic mass is 32.1. The number of amides is 1. The predicted molar refractivity (Wildman–Crippen MR) is 131 cm³/mol. The first-order chi connectivity index (χ1) is 15.9. The molecule has 2 unspecified atom stereocenters. The Balaban J connectivity index is 1.32. The molecule has 1 amide bonds. The van der Waals surface area contributed by atoms with Crippen molar-refractivity contribution in [3.8, 4) is 0 Å². The van der Waals surface area contributed by atoms with Crippen LogP contribution >= 0.6 is 12.2 Å². The minimum atomic E-state index is -0.164. The Kier molecular flexibility index (Phi) is 5.54. The molecule has 1 aliphatic carbocycles. The van der Waals surface area contributed by atoms with Crippen molar-refractivity contribution in [2.45, 2.75) is 45.4 Å². The minimum absolute atomic E-state index is 0.158. The maximum atomic E-state index is 12.3. The first-order valence-corrected chi connectivity index (χ1v) is 11.8. The summed E-state index contributed by atoms with van der Waals surface area (Å²) in [5.74, 6) is -0.164. The lowest BCUT2D eigenvalue weighted by molar-refractivity contribution is 0.0958. The number of aryl methyl sites for hydroxylation is 1. The molecule has 2 N–H and O–H groups in total. The third-order valence-corrected chi connectivity index (χ3v) is 7.24. The van der Waals surface area contributed by atoms with E-state index in [1.54, 1.807) is 17.7 Å². The van der Waals surface area contributed by atoms with Crippen molar-refractivity contribution < 1.29 is 4.79 Å². The molecule has 1 aliphatic heterocycles. The third-order valence-electron chi connectivity index (χ3n) is 6.80. The van der Waals surface area contributed by atoms with Crippen LogP contribution in [-0.4, -0.2) is 57.6 Å². The first kappa shape index (κ1) is 21.8. The van der Waals surface area contributed by atoms with Gasteiger partial charge in [0.25, 0.3) is 5.91 Å². The van der Waals surface area contributed by atoms with E-state index in [1.807, 2.05) is 26.0 Å². The Morgan fingerprint density at radius 3 is 2.79 bits per heavy atom. The van der Waals surface area contributed by atoms with Crippen molar-refractivity contribution in [2.75, 3.05) is 25.0 Å². The smallest absolute Gasteiger partial charge is 0.326 e. The molecule has 33 heavy (non-hydrogen) atoms. The lowest BCUT2D eigenvalue weighted by Gasteiger charge is -2.36. The van der Waals surface area contributed by atoms with Crippen LogP contribution in [0.5, 0.6) is 0 Å². The van der Waals surface area contributed by atoms with Crippen LogP contribution in [0.1, 0.15) is 35.1 Å². The average molecular weight is 465 g/mol. The van der Waals surface area contributed by atoms with Crippen LogP contribution in [0.25, 0.3) is 10.9 Å². The van der Waals surface area contributed by atoms with Gasteiger partial charge in [0.05, 0.1) is 16.9 Å². The molecule has 0 spiro atoms. The summed E-state index contributed by atoms with van der Waals surface area (Å²) in [7, 11) is 1.62. The number of pyridine rings is 1. The topological polar surface area (TPSA) is 86.3 Å². The number of H-pyrrole nitrogens is 1. The zero-order valence-electron chi connectivity index (χ0n) is 19.1. The molecule has 0 bridgehead atoms. The van der Waals surface area contributed by atoms with Gasteiger partial charge in [0.15, 0.2) is 0 Å². The lowest BCUT2D eigenvalue weighted by atomic mass is 10.1. The highest BCUT2D eigenvalue weighted by Gasteiger charge is 2.49. The fraction of sp³-hybridized carbons (Fsp3) is 0.417. The van der Waals surface area contributed by atoms with E-state index in [1.165, 1.54) is 5.56 Å². The van der Waals surface area contributed by atoms with Crippen LogP contribution in [0.4, 0.5) is 5.69 Å². The Bertz CT molecular complexity index is 1360. The number of nitrogens with zero attached hydrogens (tertiary/aromatic N) is 4. The Morgan fingerprint density at radius 2 is 2.06 bits per heavy atom. The maximum Gasteiger partial charge on any atom is 0.326 e. The van der Waals surface area contributed by atoms with Gasteiger partial charge in [-0.15, -0.1) is 0 Å². The van der Waals surface area contributed by atoms with E-state index in [0.717, 1.165) is 48.3 Å². The number of rotatable bonds is 5. The summed E-state index contributed by atoms with van der Waals surface area (Å²) in [4.78, 5) is 36.6. The SMILES string of the molecule is CCn1c(=O)[nH]c2cc(CN3CCN(c4ccc(C(=O)NC)nc4C)C4CC43)ccc2c1=S. The van der Waals surface area contributed by atoms with Crippen LogP contribution in [0.15, 0.2) is 35.1 Å². The van der Waals surface area contributed by atoms with Crippen LogP contribution in [0.2, 0.25) is 0 Å². The number of hydrogen-bond donors (Lipinski definition) is 2. The first-order valence-electron chi connectivity index (χ1n) is 11.4. The number of anilines is 1. The van der Waals surface area contributed by atoms with Gasteiger partial charge in [-0.25, -0.2) is 9.78 Å². The van der Waals surface area contributed by atoms with Gasteiger partial charge in [-0.05, 0) is 50.1 Å². The second kappa shape index (κ2) is 8.39. The highest BCUT2D eigenvalue weighted by molar-refractivity contribution is 7.71. The van der Waals surface area contributed by atoms with E-state index in [-0.39, 0.29) is 11.6 Å². The molecule has 5 rings (SSSR count). The molecule has 172 valence electrons. The van der Waals surface area contributed by atoms with Crippen molar-refractivity contribution in [2.24, 2.45) is 0 Å². The van der Waals surface area contributed by atoms with E-state index in [9.17, 15) is 9.59 Å². The van der Waals surface area contributed by atoms with Crippen LogP contribution in [-0.2, 0) is 13.1 Å². The van der Waals surface area contributed by atoms with Crippen LogP contribution in [0.3, 0.4) is 0 Å². The average Bonchev–Trinajstić information content (AvgIpc) is 3.60. The largest absolute Gasteiger partial charge is 0.364 e. The number of nitrogens with one attached hydrogen (secondary N) is 2. The van der Waals surface area contributed by atoms with Gasteiger partial charge in [0.2, 0.25) is 0 Å². The Hall–Kier alpha value is -3.04. The fourth-order valence-electron chi connectivity index (χ4n) is 4.99. The molecular weight excluding hydrogens is 436 g/mol. The van der Waals surface area contributed by atoms with E-state index < -0.39 is 0 Å². The van der Waals surface area contributed by atoms with E-state index in [2.05, 4.69) is 37.2 Å². The van der Waals surface area contributed by atoms with E-state index >= 15 is 0 Å².